The number of ketones is 1. The molecule has 2 N–H and O–H groups in total. The van der Waals surface area contributed by atoms with Crippen LogP contribution >= 0.6 is 39.7 Å². The summed E-state index contributed by atoms with van der Waals surface area (Å²) in [6.07, 6.45) is 2.76. The highest BCUT2D eigenvalue weighted by atomic mass is 79.9. The number of fused-ring (bicyclic) bond motifs is 1. The van der Waals surface area contributed by atoms with Crippen molar-refractivity contribution >= 4 is 45.5 Å². The van der Waals surface area contributed by atoms with E-state index in [9.17, 15) is 9.90 Å². The van der Waals surface area contributed by atoms with Crippen molar-refractivity contribution in [3.8, 4) is 5.75 Å². The minimum absolute atomic E-state index is 0. The molecule has 7 heteroatoms. The van der Waals surface area contributed by atoms with Crippen LogP contribution in [-0.2, 0) is 6.42 Å². The standard InChI is InChI=1S/C21H24BrNO3S.ClH/c1-12-10-16-19(27-12)9-2-13(20(16)24)11-23-17-7-8-18(21(17)25)26-15-5-3-14(22)4-6-15;/h3-6,10,13,17-18,21,23,25H,2,7-9,11H2,1H3;1H/t13?,17-,18-,21-;/m1./s1. The molecule has 1 aromatic carbocycles. The molecule has 4 atom stereocenters. The Morgan fingerprint density at radius 2 is 2.00 bits per heavy atom. The molecule has 0 amide bonds. The second-order valence-electron chi connectivity index (χ2n) is 7.49. The number of aryl methyl sites for hydroxylation is 2. The number of hydrogen-bond donors (Lipinski definition) is 2. The van der Waals surface area contributed by atoms with Gasteiger partial charge >= 0.3 is 0 Å². The first-order valence-electron chi connectivity index (χ1n) is 9.48. The molecule has 4 rings (SSSR count). The van der Waals surface area contributed by atoms with E-state index in [1.165, 1.54) is 9.75 Å². The highest BCUT2D eigenvalue weighted by Crippen LogP contribution is 2.32. The van der Waals surface area contributed by atoms with Crippen molar-refractivity contribution in [1.29, 1.82) is 0 Å². The smallest absolute Gasteiger partial charge is 0.168 e. The maximum atomic E-state index is 12.7. The molecule has 1 fully saturated rings. The van der Waals surface area contributed by atoms with Crippen molar-refractivity contribution in [2.45, 2.75) is 50.9 Å². The van der Waals surface area contributed by atoms with Gasteiger partial charge < -0.3 is 15.2 Å². The second-order valence-corrected chi connectivity index (χ2v) is 9.74. The zero-order valence-corrected chi connectivity index (χ0v) is 18.9. The summed E-state index contributed by atoms with van der Waals surface area (Å²) in [4.78, 5) is 15.2. The van der Waals surface area contributed by atoms with E-state index in [4.69, 9.17) is 4.74 Å². The number of benzene rings is 1. The monoisotopic (exact) mass is 485 g/mol. The van der Waals surface area contributed by atoms with Crippen LogP contribution in [0.25, 0.3) is 0 Å². The highest BCUT2D eigenvalue weighted by Gasteiger charge is 2.37. The van der Waals surface area contributed by atoms with Gasteiger partial charge in [-0.1, -0.05) is 15.9 Å². The maximum Gasteiger partial charge on any atom is 0.168 e. The number of carbonyl (C=O) groups excluding carboxylic acids is 1. The molecular weight excluding hydrogens is 462 g/mol. The van der Waals surface area contributed by atoms with Gasteiger partial charge in [-0.2, -0.15) is 0 Å². The SMILES string of the molecule is Cc1cc2c(s1)CCC(CN[C@@H]1CC[C@@H](Oc3ccc(Br)cc3)[C@@H]1O)C2=O.Cl. The molecule has 1 unspecified atom stereocenters. The number of thiophene rings is 1. The van der Waals surface area contributed by atoms with Crippen LogP contribution in [0.4, 0.5) is 0 Å². The molecule has 1 aromatic heterocycles. The molecule has 2 aliphatic carbocycles. The first-order chi connectivity index (χ1) is 13.0. The molecule has 0 saturated heterocycles. The van der Waals surface area contributed by atoms with Gasteiger partial charge in [-0.25, -0.2) is 0 Å². The summed E-state index contributed by atoms with van der Waals surface area (Å²) in [6, 6.07) is 9.67. The predicted molar refractivity (Wildman–Crippen MR) is 118 cm³/mol. The number of aliphatic hydroxyl groups is 1. The van der Waals surface area contributed by atoms with E-state index in [0.717, 1.165) is 41.5 Å². The Bertz CT molecular complexity index is 826. The number of Topliss-reactive ketones (excluding diaryl/α,β-unsaturated/α-hetero) is 1. The predicted octanol–water partition coefficient (Wildman–Crippen LogP) is 4.55. The Morgan fingerprint density at radius 3 is 2.75 bits per heavy atom. The van der Waals surface area contributed by atoms with Crippen LogP contribution in [0.1, 0.15) is 39.4 Å². The Kier molecular flexibility index (Phi) is 7.21. The summed E-state index contributed by atoms with van der Waals surface area (Å²) in [6.45, 7) is 2.68. The Hall–Kier alpha value is -0.920. The van der Waals surface area contributed by atoms with Crippen LogP contribution in [0.15, 0.2) is 34.8 Å². The lowest BCUT2D eigenvalue weighted by Crippen LogP contribution is -2.44. The third-order valence-corrected chi connectivity index (χ3v) is 7.21. The Morgan fingerprint density at radius 1 is 1.25 bits per heavy atom. The summed E-state index contributed by atoms with van der Waals surface area (Å²) >= 11 is 5.15. The molecule has 2 aliphatic rings. The van der Waals surface area contributed by atoms with Crippen LogP contribution in [-0.4, -0.2) is 35.7 Å². The van der Waals surface area contributed by atoms with Crippen LogP contribution in [0, 0.1) is 12.8 Å². The van der Waals surface area contributed by atoms with Gasteiger partial charge in [-0.05, 0) is 62.9 Å². The van der Waals surface area contributed by atoms with Crippen molar-refractivity contribution in [3.05, 3.63) is 50.1 Å². The van der Waals surface area contributed by atoms with E-state index in [1.54, 1.807) is 11.3 Å². The van der Waals surface area contributed by atoms with Gasteiger partial charge in [0.1, 0.15) is 18.0 Å². The second kappa shape index (κ2) is 9.26. The van der Waals surface area contributed by atoms with E-state index in [1.807, 2.05) is 30.3 Å². The molecular formula is C21H25BrClNO3S. The Labute approximate surface area is 184 Å². The average Bonchev–Trinajstić information content (AvgIpc) is 3.20. The highest BCUT2D eigenvalue weighted by molar-refractivity contribution is 9.10. The molecule has 1 heterocycles. The van der Waals surface area contributed by atoms with Crippen molar-refractivity contribution in [2.24, 2.45) is 5.92 Å². The normalized spacial score (nSPS) is 26.6. The fraction of sp³-hybridized carbons (Fsp3) is 0.476. The minimum atomic E-state index is -0.564. The first kappa shape index (κ1) is 21.8. The van der Waals surface area contributed by atoms with E-state index >= 15 is 0 Å². The van der Waals surface area contributed by atoms with E-state index in [-0.39, 0.29) is 36.3 Å². The minimum Gasteiger partial charge on any atom is -0.488 e. The van der Waals surface area contributed by atoms with Gasteiger partial charge in [0, 0.05) is 38.3 Å². The van der Waals surface area contributed by atoms with Crippen LogP contribution in [0.5, 0.6) is 5.75 Å². The van der Waals surface area contributed by atoms with E-state index in [2.05, 4.69) is 28.2 Å². The number of rotatable bonds is 5. The number of ether oxygens (including phenoxy) is 1. The summed E-state index contributed by atoms with van der Waals surface area (Å²) in [5.74, 6) is 1.03. The van der Waals surface area contributed by atoms with Gasteiger partial charge in [0.05, 0.1) is 0 Å². The van der Waals surface area contributed by atoms with Crippen LogP contribution in [0.2, 0.25) is 0 Å². The van der Waals surface area contributed by atoms with Gasteiger partial charge in [-0.15, -0.1) is 23.7 Å². The van der Waals surface area contributed by atoms with Gasteiger partial charge in [-0.3, -0.25) is 4.79 Å². The third-order valence-electron chi connectivity index (χ3n) is 5.57. The molecule has 0 spiro atoms. The number of hydrogen-bond acceptors (Lipinski definition) is 5. The lowest BCUT2D eigenvalue weighted by Gasteiger charge is -2.25. The molecule has 4 nitrogen and oxygen atoms in total. The Balaban J connectivity index is 0.00000225. The fourth-order valence-corrected chi connectivity index (χ4v) is 5.40. The first-order valence-corrected chi connectivity index (χ1v) is 11.1. The molecule has 0 aliphatic heterocycles. The number of carbonyl (C=O) groups is 1. The number of halogens is 2. The van der Waals surface area contributed by atoms with Gasteiger partial charge in [0.25, 0.3) is 0 Å². The van der Waals surface area contributed by atoms with Crippen molar-refractivity contribution in [3.63, 3.8) is 0 Å². The van der Waals surface area contributed by atoms with Crippen molar-refractivity contribution < 1.29 is 14.6 Å². The largest absolute Gasteiger partial charge is 0.488 e. The summed E-state index contributed by atoms with van der Waals surface area (Å²) in [5, 5.41) is 14.1. The molecule has 152 valence electrons. The van der Waals surface area contributed by atoms with Crippen molar-refractivity contribution in [2.75, 3.05) is 6.54 Å². The van der Waals surface area contributed by atoms with Crippen LogP contribution < -0.4 is 10.1 Å². The number of aliphatic hydroxyl groups excluding tert-OH is 1. The van der Waals surface area contributed by atoms with Gasteiger partial charge in [0.15, 0.2) is 5.78 Å². The molecule has 1 saturated carbocycles. The fourth-order valence-electron chi connectivity index (χ4n) is 4.09. The molecule has 2 aromatic rings. The summed E-state index contributed by atoms with van der Waals surface area (Å²) in [5.41, 5.74) is 0.916. The molecule has 0 bridgehead atoms. The van der Waals surface area contributed by atoms with Gasteiger partial charge in [0.2, 0.25) is 0 Å². The quantitative estimate of drug-likeness (QED) is 0.651. The zero-order valence-electron chi connectivity index (χ0n) is 15.7. The lowest BCUT2D eigenvalue weighted by molar-refractivity contribution is 0.0441. The summed E-state index contributed by atoms with van der Waals surface area (Å²) < 4.78 is 6.96. The maximum absolute atomic E-state index is 12.7. The number of nitrogens with one attached hydrogen (secondary N) is 1. The molecule has 0 radical (unpaired) electrons. The molecule has 28 heavy (non-hydrogen) atoms. The third kappa shape index (κ3) is 4.62. The van der Waals surface area contributed by atoms with E-state index < -0.39 is 6.10 Å². The topological polar surface area (TPSA) is 58.6 Å². The zero-order chi connectivity index (χ0) is 19.0. The van der Waals surface area contributed by atoms with Crippen LogP contribution in [0.3, 0.4) is 0 Å². The average molecular weight is 487 g/mol. The lowest BCUT2D eigenvalue weighted by atomic mass is 9.87. The van der Waals surface area contributed by atoms with E-state index in [0.29, 0.717) is 6.54 Å². The van der Waals surface area contributed by atoms with Crippen molar-refractivity contribution in [1.82, 2.24) is 5.32 Å². The summed E-state index contributed by atoms with van der Waals surface area (Å²) in [7, 11) is 0.